The molecule has 10 nitrogen and oxygen atoms in total. The second kappa shape index (κ2) is 8.53. The summed E-state index contributed by atoms with van der Waals surface area (Å²) in [7, 11) is 0. The minimum absolute atomic E-state index is 0.0710. The minimum atomic E-state index is -0.361. The lowest BCUT2D eigenvalue weighted by Gasteiger charge is -2.14. The fourth-order valence-electron chi connectivity index (χ4n) is 3.28. The van der Waals surface area contributed by atoms with E-state index in [1.54, 1.807) is 41.5 Å². The van der Waals surface area contributed by atoms with Gasteiger partial charge in [-0.1, -0.05) is 26.8 Å². The minimum Gasteiger partial charge on any atom is -0.306 e. The van der Waals surface area contributed by atoms with Gasteiger partial charge in [0.25, 0.3) is 5.91 Å². The van der Waals surface area contributed by atoms with E-state index in [0.29, 0.717) is 17.3 Å². The Balaban J connectivity index is 1.59. The highest BCUT2D eigenvalue weighted by molar-refractivity contribution is 6.02. The van der Waals surface area contributed by atoms with Crippen LogP contribution in [0.5, 0.6) is 0 Å². The molecule has 0 unspecified atom stereocenters. The molecule has 0 saturated carbocycles. The van der Waals surface area contributed by atoms with Crippen LogP contribution >= 0.6 is 0 Å². The van der Waals surface area contributed by atoms with Crippen LogP contribution in [-0.4, -0.2) is 45.6 Å². The first-order valence-electron chi connectivity index (χ1n) is 10.7. The molecule has 10 heteroatoms. The van der Waals surface area contributed by atoms with E-state index in [4.69, 9.17) is 0 Å². The zero-order chi connectivity index (χ0) is 23.8. The smallest absolute Gasteiger partial charge is 0.275 e. The number of rotatable bonds is 5. The van der Waals surface area contributed by atoms with Crippen molar-refractivity contribution < 1.29 is 4.79 Å². The first-order valence-corrected chi connectivity index (χ1v) is 10.7. The zero-order valence-corrected chi connectivity index (χ0v) is 19.6. The van der Waals surface area contributed by atoms with Crippen molar-refractivity contribution >= 4 is 11.7 Å². The van der Waals surface area contributed by atoms with Crippen molar-refractivity contribution in [3.05, 3.63) is 59.9 Å². The van der Waals surface area contributed by atoms with Crippen LogP contribution in [0.1, 0.15) is 62.4 Å². The number of carbonyl (C=O) groups is 1. The third-order valence-electron chi connectivity index (χ3n) is 5.14. The maximum absolute atomic E-state index is 13.0. The van der Waals surface area contributed by atoms with Crippen LogP contribution in [-0.2, 0) is 5.41 Å². The Kier molecular flexibility index (Phi) is 5.75. The number of aryl methyl sites for hydroxylation is 1. The van der Waals surface area contributed by atoms with Crippen molar-refractivity contribution in [3.63, 3.8) is 0 Å². The van der Waals surface area contributed by atoms with Gasteiger partial charge in [-0.05, 0) is 55.0 Å². The van der Waals surface area contributed by atoms with Crippen LogP contribution < -0.4 is 5.32 Å². The number of imidazole rings is 1. The van der Waals surface area contributed by atoms with E-state index >= 15 is 0 Å². The topological polar surface area (TPSA) is 116 Å². The fraction of sp³-hybridized carbons (Fsp3) is 0.348. The maximum atomic E-state index is 13.0. The highest BCUT2D eigenvalue weighted by atomic mass is 16.1. The predicted octanol–water partition coefficient (Wildman–Crippen LogP) is 3.75. The van der Waals surface area contributed by atoms with E-state index in [-0.39, 0.29) is 23.1 Å². The summed E-state index contributed by atoms with van der Waals surface area (Å²) >= 11 is 0. The van der Waals surface area contributed by atoms with Gasteiger partial charge in [-0.3, -0.25) is 9.78 Å². The number of nitrogens with one attached hydrogen (secondary N) is 1. The number of nitrogens with zero attached hydrogens (tertiary/aromatic N) is 8. The SMILES string of the molecule is Cc1cnc(C(=O)Nc2cccc(-c3nnnn3C(C)C)n2)cc1-n1cnc(C(C)(C)C)c1. The number of pyridine rings is 2. The number of aromatic nitrogens is 8. The van der Waals surface area contributed by atoms with Gasteiger partial charge in [0.05, 0.1) is 23.8 Å². The first-order chi connectivity index (χ1) is 15.6. The van der Waals surface area contributed by atoms with Gasteiger partial charge in [-0.15, -0.1) is 5.10 Å². The predicted molar refractivity (Wildman–Crippen MR) is 124 cm³/mol. The van der Waals surface area contributed by atoms with Crippen molar-refractivity contribution in [1.29, 1.82) is 0 Å². The van der Waals surface area contributed by atoms with Crippen molar-refractivity contribution in [2.75, 3.05) is 5.32 Å². The summed E-state index contributed by atoms with van der Waals surface area (Å²) in [6.45, 7) is 12.2. The fourth-order valence-corrected chi connectivity index (χ4v) is 3.28. The van der Waals surface area contributed by atoms with Gasteiger partial charge in [0.15, 0.2) is 0 Å². The molecule has 4 aromatic rings. The third-order valence-corrected chi connectivity index (χ3v) is 5.14. The summed E-state index contributed by atoms with van der Waals surface area (Å²) in [5.41, 5.74) is 3.52. The average Bonchev–Trinajstić information content (AvgIpc) is 3.44. The van der Waals surface area contributed by atoms with Crippen molar-refractivity contribution in [2.24, 2.45) is 0 Å². The van der Waals surface area contributed by atoms with Crippen molar-refractivity contribution in [1.82, 2.24) is 39.7 Å². The average molecular weight is 446 g/mol. The molecule has 0 aliphatic carbocycles. The van der Waals surface area contributed by atoms with E-state index in [9.17, 15) is 4.79 Å². The van der Waals surface area contributed by atoms with E-state index in [1.165, 1.54) is 0 Å². The number of amides is 1. The van der Waals surface area contributed by atoms with E-state index < -0.39 is 0 Å². The lowest BCUT2D eigenvalue weighted by atomic mass is 9.93. The Morgan fingerprint density at radius 3 is 2.64 bits per heavy atom. The Labute approximate surface area is 192 Å². The van der Waals surface area contributed by atoms with Gasteiger partial charge in [0.1, 0.15) is 17.2 Å². The lowest BCUT2D eigenvalue weighted by molar-refractivity contribution is 0.102. The number of hydrogen-bond acceptors (Lipinski definition) is 7. The third kappa shape index (κ3) is 4.64. The molecule has 0 bridgehead atoms. The monoisotopic (exact) mass is 445 g/mol. The van der Waals surface area contributed by atoms with Crippen LogP contribution in [0, 0.1) is 6.92 Å². The molecule has 0 radical (unpaired) electrons. The van der Waals surface area contributed by atoms with Crippen LogP contribution in [0.25, 0.3) is 17.2 Å². The summed E-state index contributed by atoms with van der Waals surface area (Å²) in [5.74, 6) is 0.560. The quantitative estimate of drug-likeness (QED) is 0.497. The van der Waals surface area contributed by atoms with Gasteiger partial charge >= 0.3 is 0 Å². The molecular formula is C23H27N9O. The van der Waals surface area contributed by atoms with Crippen LogP contribution in [0.2, 0.25) is 0 Å². The molecule has 0 aromatic carbocycles. The molecule has 0 aliphatic rings. The second-order valence-corrected chi connectivity index (χ2v) is 9.18. The zero-order valence-electron chi connectivity index (χ0n) is 19.6. The Bertz CT molecular complexity index is 1300. The highest BCUT2D eigenvalue weighted by Gasteiger charge is 2.19. The number of hydrogen-bond donors (Lipinski definition) is 1. The second-order valence-electron chi connectivity index (χ2n) is 9.18. The standard InChI is InChI=1S/C23H27N9O/c1-14(2)32-21(28-29-30-32)16-8-7-9-20(26-16)27-22(33)17-10-18(15(3)11-24-17)31-12-19(25-13-31)23(4,5)6/h7-14H,1-6H3,(H,26,27,33). The molecule has 4 aromatic heterocycles. The Morgan fingerprint density at radius 1 is 1.15 bits per heavy atom. The van der Waals surface area contributed by atoms with Gasteiger partial charge in [0, 0.05) is 17.8 Å². The molecule has 0 saturated heterocycles. The van der Waals surface area contributed by atoms with Crippen LogP contribution in [0.3, 0.4) is 0 Å². The molecule has 33 heavy (non-hydrogen) atoms. The molecular weight excluding hydrogens is 418 g/mol. The normalized spacial score (nSPS) is 11.7. The van der Waals surface area contributed by atoms with E-state index in [0.717, 1.165) is 16.9 Å². The van der Waals surface area contributed by atoms with Gasteiger partial charge in [-0.25, -0.2) is 14.6 Å². The molecule has 0 fully saturated rings. The highest BCUT2D eigenvalue weighted by Crippen LogP contribution is 2.23. The molecule has 0 spiro atoms. The maximum Gasteiger partial charge on any atom is 0.275 e. The lowest BCUT2D eigenvalue weighted by Crippen LogP contribution is -2.16. The van der Waals surface area contributed by atoms with Crippen LogP contribution in [0.4, 0.5) is 5.82 Å². The summed E-state index contributed by atoms with van der Waals surface area (Å²) in [6, 6.07) is 7.14. The van der Waals surface area contributed by atoms with Crippen LogP contribution in [0.15, 0.2) is 43.0 Å². The van der Waals surface area contributed by atoms with Gasteiger partial charge < -0.3 is 9.88 Å². The summed E-state index contributed by atoms with van der Waals surface area (Å²) in [5, 5.41) is 14.6. The van der Waals surface area contributed by atoms with Gasteiger partial charge in [-0.2, -0.15) is 0 Å². The first kappa shape index (κ1) is 22.3. The summed E-state index contributed by atoms with van der Waals surface area (Å²) < 4.78 is 3.59. The van der Waals surface area contributed by atoms with Gasteiger partial charge in [0.2, 0.25) is 5.82 Å². The number of anilines is 1. The largest absolute Gasteiger partial charge is 0.306 e. The summed E-state index contributed by atoms with van der Waals surface area (Å²) in [6.07, 6.45) is 5.42. The number of tetrazole rings is 1. The molecule has 0 atom stereocenters. The molecule has 1 N–H and O–H groups in total. The van der Waals surface area contributed by atoms with Crippen molar-refractivity contribution in [2.45, 2.75) is 53.0 Å². The molecule has 170 valence electrons. The van der Waals surface area contributed by atoms with Crippen molar-refractivity contribution in [3.8, 4) is 17.2 Å². The molecule has 1 amide bonds. The Morgan fingerprint density at radius 2 is 1.94 bits per heavy atom. The van der Waals surface area contributed by atoms with E-state index in [2.05, 4.69) is 56.6 Å². The molecule has 4 rings (SSSR count). The summed E-state index contributed by atoms with van der Waals surface area (Å²) in [4.78, 5) is 26.3. The van der Waals surface area contributed by atoms with E-state index in [1.807, 2.05) is 31.5 Å². The Hall–Kier alpha value is -3.95. The molecule has 0 aliphatic heterocycles. The number of carbonyl (C=O) groups excluding carboxylic acids is 1. The molecule has 4 heterocycles.